The number of hydrogen-bond acceptors (Lipinski definition) is 4. The largest absolute Gasteiger partial charge is 0.313 e. The Kier molecular flexibility index (Phi) is 8.44. The van der Waals surface area contributed by atoms with E-state index in [0.717, 1.165) is 46.4 Å². The van der Waals surface area contributed by atoms with Crippen molar-refractivity contribution in [2.24, 2.45) is 0 Å². The Balaban J connectivity index is 1.12. The van der Waals surface area contributed by atoms with Crippen LogP contribution in [-0.2, 0) is 12.8 Å². The number of pyridine rings is 1. The van der Waals surface area contributed by atoms with Crippen molar-refractivity contribution < 1.29 is 0 Å². The second kappa shape index (κ2) is 14.1. The molecule has 0 saturated carbocycles. The molecule has 0 amide bonds. The minimum absolute atomic E-state index is 0.603. The molecule has 0 spiro atoms. The number of nitrogens with zero attached hydrogens (tertiary/aromatic N) is 6. The summed E-state index contributed by atoms with van der Waals surface area (Å²) in [5.74, 6) is 2.69. The minimum Gasteiger partial charge on any atom is -0.313 e. The average Bonchev–Trinajstić information content (AvgIpc) is 3.78. The SMILES string of the molecule is C/C=C\C=C(/C)c1nc(-c2ccccc2)nc(-c2ccnc(-n3c4ccccc4c4ccc(-c5ccc6c(c5)c5c(n6-c6ccccc6)CCCC5)cc43)c2)n1. The molecule has 6 nitrogen and oxygen atoms in total. The first-order valence-corrected chi connectivity index (χ1v) is 19.5. The van der Waals surface area contributed by atoms with Crippen molar-refractivity contribution in [1.82, 2.24) is 29.1 Å². The Morgan fingerprint density at radius 2 is 1.27 bits per heavy atom. The highest BCUT2D eigenvalue weighted by molar-refractivity contribution is 6.10. The molecule has 1 aliphatic carbocycles. The summed E-state index contributed by atoms with van der Waals surface area (Å²) < 4.78 is 4.77. The molecule has 1 aliphatic rings. The van der Waals surface area contributed by atoms with Crippen LogP contribution in [0, 0.1) is 0 Å². The number of allylic oxidation sites excluding steroid dienone is 4. The molecule has 0 atom stereocenters. The van der Waals surface area contributed by atoms with E-state index in [9.17, 15) is 0 Å². The summed E-state index contributed by atoms with van der Waals surface area (Å²) in [6.07, 6.45) is 12.6. The number of aromatic nitrogens is 6. The van der Waals surface area contributed by atoms with Gasteiger partial charge in [0.2, 0.25) is 0 Å². The molecule has 0 fully saturated rings. The highest BCUT2D eigenvalue weighted by Crippen LogP contribution is 2.39. The van der Waals surface area contributed by atoms with E-state index in [-0.39, 0.29) is 0 Å². The zero-order valence-corrected chi connectivity index (χ0v) is 31.5. The van der Waals surface area contributed by atoms with Crippen molar-refractivity contribution in [3.05, 3.63) is 175 Å². The predicted octanol–water partition coefficient (Wildman–Crippen LogP) is 12.2. The smallest absolute Gasteiger partial charge is 0.164 e. The molecule has 5 aromatic carbocycles. The number of benzene rings is 5. The molecule has 6 heteroatoms. The lowest BCUT2D eigenvalue weighted by molar-refractivity contribution is 0.667. The highest BCUT2D eigenvalue weighted by Gasteiger charge is 2.22. The molecule has 0 saturated heterocycles. The molecule has 0 bridgehead atoms. The van der Waals surface area contributed by atoms with Crippen molar-refractivity contribution in [1.29, 1.82) is 0 Å². The summed E-state index contributed by atoms with van der Waals surface area (Å²) in [5.41, 5.74) is 12.8. The van der Waals surface area contributed by atoms with E-state index in [0.29, 0.717) is 17.5 Å². The first-order valence-electron chi connectivity index (χ1n) is 19.5. The van der Waals surface area contributed by atoms with Gasteiger partial charge in [-0.15, -0.1) is 0 Å². The lowest BCUT2D eigenvalue weighted by Gasteiger charge is -2.16. The fourth-order valence-electron chi connectivity index (χ4n) is 8.39. The molecular formula is C50H40N6. The van der Waals surface area contributed by atoms with E-state index in [1.807, 2.05) is 74.7 Å². The molecule has 4 aromatic heterocycles. The maximum atomic E-state index is 5.01. The number of rotatable bonds is 7. The van der Waals surface area contributed by atoms with E-state index in [2.05, 4.69) is 106 Å². The first kappa shape index (κ1) is 33.6. The highest BCUT2D eigenvalue weighted by atomic mass is 15.1. The van der Waals surface area contributed by atoms with Gasteiger partial charge in [-0.25, -0.2) is 19.9 Å². The molecule has 0 N–H and O–H groups in total. The summed E-state index contributed by atoms with van der Waals surface area (Å²) in [6, 6.07) is 47.5. The Morgan fingerprint density at radius 1 is 0.571 bits per heavy atom. The quantitative estimate of drug-likeness (QED) is 0.154. The van der Waals surface area contributed by atoms with Crippen LogP contribution in [0.15, 0.2) is 158 Å². The van der Waals surface area contributed by atoms with Crippen LogP contribution in [0.2, 0.25) is 0 Å². The molecule has 0 aliphatic heterocycles. The monoisotopic (exact) mass is 724 g/mol. The fourth-order valence-corrected chi connectivity index (χ4v) is 8.39. The van der Waals surface area contributed by atoms with Crippen LogP contribution in [0.5, 0.6) is 0 Å². The summed E-state index contributed by atoms with van der Waals surface area (Å²) in [7, 11) is 0. The summed E-state index contributed by atoms with van der Waals surface area (Å²) in [5, 5.41) is 3.73. The van der Waals surface area contributed by atoms with Gasteiger partial charge in [-0.1, -0.05) is 103 Å². The maximum absolute atomic E-state index is 5.01. The van der Waals surface area contributed by atoms with Crippen LogP contribution >= 0.6 is 0 Å². The second-order valence-corrected chi connectivity index (χ2v) is 14.6. The third-order valence-corrected chi connectivity index (χ3v) is 11.1. The van der Waals surface area contributed by atoms with Crippen LogP contribution in [0.3, 0.4) is 0 Å². The van der Waals surface area contributed by atoms with Gasteiger partial charge in [0.05, 0.1) is 16.6 Å². The maximum Gasteiger partial charge on any atom is 0.164 e. The molecule has 270 valence electrons. The van der Waals surface area contributed by atoms with Crippen LogP contribution in [0.4, 0.5) is 0 Å². The fraction of sp³-hybridized carbons (Fsp3) is 0.120. The van der Waals surface area contributed by atoms with Gasteiger partial charge in [0.25, 0.3) is 0 Å². The lowest BCUT2D eigenvalue weighted by Crippen LogP contribution is -2.06. The summed E-state index contributed by atoms with van der Waals surface area (Å²) in [6.45, 7) is 4.04. The predicted molar refractivity (Wildman–Crippen MR) is 230 cm³/mol. The van der Waals surface area contributed by atoms with E-state index in [4.69, 9.17) is 19.9 Å². The van der Waals surface area contributed by atoms with E-state index < -0.39 is 0 Å². The Bertz CT molecular complexity index is 2990. The molecule has 4 heterocycles. The van der Waals surface area contributed by atoms with E-state index in [1.165, 1.54) is 62.6 Å². The number of aryl methyl sites for hydroxylation is 1. The minimum atomic E-state index is 0.603. The second-order valence-electron chi connectivity index (χ2n) is 14.6. The van der Waals surface area contributed by atoms with Crippen LogP contribution in [0.25, 0.3) is 83.7 Å². The van der Waals surface area contributed by atoms with Gasteiger partial charge in [0, 0.05) is 44.9 Å². The van der Waals surface area contributed by atoms with Gasteiger partial charge in [0.15, 0.2) is 17.5 Å². The van der Waals surface area contributed by atoms with E-state index in [1.54, 1.807) is 0 Å². The van der Waals surface area contributed by atoms with Crippen molar-refractivity contribution in [3.63, 3.8) is 0 Å². The van der Waals surface area contributed by atoms with Gasteiger partial charge in [-0.2, -0.15) is 0 Å². The van der Waals surface area contributed by atoms with Gasteiger partial charge >= 0.3 is 0 Å². The standard InChI is InChI=1S/C50H40N6/c1-3-4-15-33(2)48-52-49(34-16-7-5-8-17-34)54-50(53-48)37-28-29-51-47(32-37)56-44-23-14-11-20-39(44)41-26-24-36(31-46(41)56)35-25-27-45-42(30-35)40-21-12-13-22-43(40)55(45)38-18-9-6-10-19-38/h3-11,14-20,23-32H,12-13,21-22H2,1-2H3/b4-3-,33-15+. The number of para-hydroxylation sites is 2. The van der Waals surface area contributed by atoms with Gasteiger partial charge < -0.3 is 4.57 Å². The van der Waals surface area contributed by atoms with Crippen molar-refractivity contribution in [3.8, 4) is 45.4 Å². The van der Waals surface area contributed by atoms with Crippen molar-refractivity contribution in [2.75, 3.05) is 0 Å². The Hall–Kier alpha value is -6.92. The normalized spacial score (nSPS) is 13.3. The zero-order valence-electron chi connectivity index (χ0n) is 31.5. The first-order chi connectivity index (χ1) is 27.6. The topological polar surface area (TPSA) is 61.4 Å². The molecule has 0 radical (unpaired) electrons. The number of hydrogen-bond donors (Lipinski definition) is 0. The van der Waals surface area contributed by atoms with Crippen LogP contribution < -0.4 is 0 Å². The molecule has 10 rings (SSSR count). The Labute approximate surface area is 326 Å². The van der Waals surface area contributed by atoms with Crippen molar-refractivity contribution >= 4 is 38.3 Å². The third-order valence-electron chi connectivity index (χ3n) is 11.1. The van der Waals surface area contributed by atoms with Gasteiger partial charge in [0.1, 0.15) is 5.82 Å². The lowest BCUT2D eigenvalue weighted by atomic mass is 9.94. The Morgan fingerprint density at radius 3 is 2.11 bits per heavy atom. The van der Waals surface area contributed by atoms with Crippen LogP contribution in [-0.4, -0.2) is 29.1 Å². The average molecular weight is 725 g/mol. The zero-order chi connectivity index (χ0) is 37.6. The summed E-state index contributed by atoms with van der Waals surface area (Å²) in [4.78, 5) is 19.9. The van der Waals surface area contributed by atoms with E-state index >= 15 is 0 Å². The summed E-state index contributed by atoms with van der Waals surface area (Å²) >= 11 is 0. The molecular weight excluding hydrogens is 685 g/mol. The van der Waals surface area contributed by atoms with Crippen molar-refractivity contribution in [2.45, 2.75) is 39.5 Å². The molecule has 56 heavy (non-hydrogen) atoms. The number of fused-ring (bicyclic) bond motifs is 6. The third kappa shape index (κ3) is 5.82. The van der Waals surface area contributed by atoms with Crippen LogP contribution in [0.1, 0.15) is 43.8 Å². The molecule has 9 aromatic rings. The van der Waals surface area contributed by atoms with Gasteiger partial charge in [-0.3, -0.25) is 4.57 Å². The van der Waals surface area contributed by atoms with Gasteiger partial charge in [-0.05, 0) is 110 Å². The molecule has 0 unspecified atom stereocenters.